The molecule has 0 saturated heterocycles. The molecule has 0 aliphatic carbocycles. The zero-order valence-electron chi connectivity index (χ0n) is 20.5. The first-order chi connectivity index (χ1) is 17.5. The first kappa shape index (κ1) is 25.0. The minimum Gasteiger partial charge on any atom is -0.485 e. The molecule has 3 aromatic rings. The number of benzene rings is 3. The first-order valence-corrected chi connectivity index (χ1v) is 12.1. The summed E-state index contributed by atoms with van der Waals surface area (Å²) in [6, 6.07) is 21.6. The lowest BCUT2D eigenvalue weighted by Crippen LogP contribution is -2.51. The molecule has 1 N–H and O–H groups in total. The lowest BCUT2D eigenvalue weighted by atomic mass is 10.1. The lowest BCUT2D eigenvalue weighted by Gasteiger charge is -2.33. The summed E-state index contributed by atoms with van der Waals surface area (Å²) in [4.78, 5) is 39.9. The second-order valence-electron chi connectivity index (χ2n) is 8.65. The monoisotopic (exact) mass is 486 g/mol. The predicted octanol–water partition coefficient (Wildman–Crippen LogP) is 3.98. The number of ketones is 1. The standard InChI is InChI=1S/C29H30N2O5/c1-3-21-10-7-11-24(16-21)35-18-26(32)23-12-13-27-25(17-23)31(28(33)19-36-27)20(2)29(34)30-15-14-22-8-5-4-6-9-22/h4-13,16-17,20H,3,14-15,18-19H2,1-2H3,(H,30,34). The molecule has 186 valence electrons. The van der Waals surface area contributed by atoms with Gasteiger partial charge in [-0.05, 0) is 61.2 Å². The van der Waals surface area contributed by atoms with Crippen LogP contribution in [0.15, 0.2) is 72.8 Å². The largest absolute Gasteiger partial charge is 0.485 e. The van der Waals surface area contributed by atoms with Crippen LogP contribution in [0, 0.1) is 0 Å². The van der Waals surface area contributed by atoms with E-state index in [1.54, 1.807) is 25.1 Å². The van der Waals surface area contributed by atoms with E-state index in [9.17, 15) is 14.4 Å². The summed E-state index contributed by atoms with van der Waals surface area (Å²) in [5, 5.41) is 2.90. The maximum Gasteiger partial charge on any atom is 0.265 e. The van der Waals surface area contributed by atoms with Gasteiger partial charge in [0.15, 0.2) is 19.0 Å². The summed E-state index contributed by atoms with van der Waals surface area (Å²) in [7, 11) is 0. The third-order valence-corrected chi connectivity index (χ3v) is 6.16. The molecule has 3 aromatic carbocycles. The molecule has 0 spiro atoms. The normalized spacial score (nSPS) is 13.4. The molecule has 1 heterocycles. The molecule has 0 radical (unpaired) electrons. The van der Waals surface area contributed by atoms with Crippen molar-refractivity contribution < 1.29 is 23.9 Å². The van der Waals surface area contributed by atoms with E-state index < -0.39 is 6.04 Å². The van der Waals surface area contributed by atoms with Gasteiger partial charge < -0.3 is 14.8 Å². The molecule has 4 rings (SSSR count). The van der Waals surface area contributed by atoms with E-state index in [0.717, 1.165) is 17.5 Å². The molecular formula is C29H30N2O5. The van der Waals surface area contributed by atoms with Crippen LogP contribution in [0.2, 0.25) is 0 Å². The minimum atomic E-state index is -0.769. The molecule has 1 aliphatic rings. The Morgan fingerprint density at radius 2 is 1.81 bits per heavy atom. The van der Waals surface area contributed by atoms with E-state index in [0.29, 0.717) is 35.7 Å². The fraction of sp³-hybridized carbons (Fsp3) is 0.276. The molecule has 7 heteroatoms. The van der Waals surface area contributed by atoms with Crippen LogP contribution in [0.4, 0.5) is 5.69 Å². The van der Waals surface area contributed by atoms with Crippen molar-refractivity contribution in [3.05, 3.63) is 89.5 Å². The number of amides is 2. The highest BCUT2D eigenvalue weighted by Gasteiger charge is 2.33. The number of hydrogen-bond acceptors (Lipinski definition) is 5. The van der Waals surface area contributed by atoms with Gasteiger partial charge in [0.05, 0.1) is 5.69 Å². The number of hydrogen-bond donors (Lipinski definition) is 1. The molecular weight excluding hydrogens is 456 g/mol. The van der Waals surface area contributed by atoms with Crippen molar-refractivity contribution in [2.45, 2.75) is 32.7 Å². The molecule has 1 unspecified atom stereocenters. The van der Waals surface area contributed by atoms with E-state index in [2.05, 4.69) is 12.2 Å². The van der Waals surface area contributed by atoms with Crippen LogP contribution in [-0.2, 0) is 22.4 Å². The quantitative estimate of drug-likeness (QED) is 0.438. The summed E-state index contributed by atoms with van der Waals surface area (Å²) in [6.45, 7) is 3.86. The van der Waals surface area contributed by atoms with E-state index >= 15 is 0 Å². The van der Waals surface area contributed by atoms with Crippen molar-refractivity contribution in [2.24, 2.45) is 0 Å². The smallest absolute Gasteiger partial charge is 0.265 e. The SMILES string of the molecule is CCc1cccc(OCC(=O)c2ccc3c(c2)N(C(C)C(=O)NCCc2ccccc2)C(=O)CO3)c1. The van der Waals surface area contributed by atoms with E-state index in [4.69, 9.17) is 9.47 Å². The number of Topliss-reactive ketones (excluding diaryl/α,β-unsaturated/α-hetero) is 1. The predicted molar refractivity (Wildman–Crippen MR) is 138 cm³/mol. The molecule has 1 atom stereocenters. The van der Waals surface area contributed by atoms with Crippen molar-refractivity contribution in [3.8, 4) is 11.5 Å². The van der Waals surface area contributed by atoms with Gasteiger partial charge in [0.25, 0.3) is 5.91 Å². The molecule has 0 saturated carbocycles. The van der Waals surface area contributed by atoms with Crippen LogP contribution in [0.25, 0.3) is 0 Å². The number of nitrogens with one attached hydrogen (secondary N) is 1. The average molecular weight is 487 g/mol. The maximum atomic E-state index is 12.9. The van der Waals surface area contributed by atoms with Crippen LogP contribution in [0.1, 0.15) is 35.3 Å². The molecule has 0 fully saturated rings. The second kappa shape index (κ2) is 11.5. The van der Waals surface area contributed by atoms with Gasteiger partial charge in [-0.3, -0.25) is 19.3 Å². The first-order valence-electron chi connectivity index (χ1n) is 12.1. The topological polar surface area (TPSA) is 84.9 Å². The molecule has 36 heavy (non-hydrogen) atoms. The summed E-state index contributed by atoms with van der Waals surface area (Å²) in [5.74, 6) is 0.222. The number of anilines is 1. The van der Waals surface area contributed by atoms with Gasteiger partial charge in [0, 0.05) is 12.1 Å². The maximum absolute atomic E-state index is 12.9. The number of ether oxygens (including phenoxy) is 2. The van der Waals surface area contributed by atoms with Crippen LogP contribution in [-0.4, -0.2) is 43.4 Å². The fourth-order valence-electron chi connectivity index (χ4n) is 4.10. The summed E-state index contributed by atoms with van der Waals surface area (Å²) < 4.78 is 11.3. The number of aryl methyl sites for hydroxylation is 1. The zero-order valence-corrected chi connectivity index (χ0v) is 20.5. The Balaban J connectivity index is 1.44. The highest BCUT2D eigenvalue weighted by atomic mass is 16.5. The number of fused-ring (bicyclic) bond motifs is 1. The van der Waals surface area contributed by atoms with Gasteiger partial charge in [0.1, 0.15) is 17.5 Å². The number of rotatable bonds is 10. The third kappa shape index (κ3) is 5.92. The van der Waals surface area contributed by atoms with Gasteiger partial charge in [0.2, 0.25) is 5.91 Å². The molecule has 1 aliphatic heterocycles. The molecule has 0 bridgehead atoms. The highest BCUT2D eigenvalue weighted by Crippen LogP contribution is 2.34. The Kier molecular flexibility index (Phi) is 8.00. The van der Waals surface area contributed by atoms with Crippen LogP contribution in [0.3, 0.4) is 0 Å². The van der Waals surface area contributed by atoms with Crippen LogP contribution in [0.5, 0.6) is 11.5 Å². The Hall–Kier alpha value is -4.13. The Labute approximate surface area is 211 Å². The van der Waals surface area contributed by atoms with Crippen molar-refractivity contribution in [1.29, 1.82) is 0 Å². The van der Waals surface area contributed by atoms with Gasteiger partial charge >= 0.3 is 0 Å². The number of nitrogens with zero attached hydrogens (tertiary/aromatic N) is 1. The lowest BCUT2D eigenvalue weighted by molar-refractivity contribution is -0.127. The molecule has 0 aromatic heterocycles. The van der Waals surface area contributed by atoms with Crippen LogP contribution >= 0.6 is 0 Å². The fourth-order valence-corrected chi connectivity index (χ4v) is 4.10. The Bertz CT molecular complexity index is 1240. The van der Waals surface area contributed by atoms with Crippen molar-refractivity contribution in [3.63, 3.8) is 0 Å². The minimum absolute atomic E-state index is 0.143. The summed E-state index contributed by atoms with van der Waals surface area (Å²) in [5.41, 5.74) is 3.01. The number of carbonyl (C=O) groups excluding carboxylic acids is 3. The summed E-state index contributed by atoms with van der Waals surface area (Å²) in [6.07, 6.45) is 1.56. The molecule has 7 nitrogen and oxygen atoms in total. The van der Waals surface area contributed by atoms with Crippen molar-refractivity contribution in [1.82, 2.24) is 5.32 Å². The van der Waals surface area contributed by atoms with Gasteiger partial charge in [-0.1, -0.05) is 49.4 Å². The number of carbonyl (C=O) groups is 3. The van der Waals surface area contributed by atoms with Crippen molar-refractivity contribution in [2.75, 3.05) is 24.7 Å². The Morgan fingerprint density at radius 1 is 1.03 bits per heavy atom. The van der Waals surface area contributed by atoms with E-state index in [1.807, 2.05) is 54.6 Å². The van der Waals surface area contributed by atoms with E-state index in [-0.39, 0.29) is 30.8 Å². The highest BCUT2D eigenvalue weighted by molar-refractivity contribution is 6.05. The van der Waals surface area contributed by atoms with Crippen molar-refractivity contribution >= 4 is 23.3 Å². The van der Waals surface area contributed by atoms with Gasteiger partial charge in [-0.2, -0.15) is 0 Å². The third-order valence-electron chi connectivity index (χ3n) is 6.16. The average Bonchev–Trinajstić information content (AvgIpc) is 2.91. The van der Waals surface area contributed by atoms with Gasteiger partial charge in [-0.25, -0.2) is 0 Å². The Morgan fingerprint density at radius 3 is 2.58 bits per heavy atom. The van der Waals surface area contributed by atoms with Gasteiger partial charge in [-0.15, -0.1) is 0 Å². The zero-order chi connectivity index (χ0) is 25.5. The molecule has 2 amide bonds. The van der Waals surface area contributed by atoms with Crippen LogP contribution < -0.4 is 19.7 Å². The summed E-state index contributed by atoms with van der Waals surface area (Å²) >= 11 is 0. The second-order valence-corrected chi connectivity index (χ2v) is 8.65. The van der Waals surface area contributed by atoms with E-state index in [1.165, 1.54) is 4.90 Å².